The largest absolute Gasteiger partial charge is 0.458 e. The van der Waals surface area contributed by atoms with Crippen LogP contribution in [0.4, 0.5) is 22.0 Å². The van der Waals surface area contributed by atoms with E-state index in [-0.39, 0.29) is 0 Å². The van der Waals surface area contributed by atoms with Gasteiger partial charge in [-0.25, -0.2) is 0 Å². The van der Waals surface area contributed by atoms with Crippen molar-refractivity contribution >= 4 is 0 Å². The summed E-state index contributed by atoms with van der Waals surface area (Å²) in [5.41, 5.74) is 1.22. The number of aryl methyl sites for hydroxylation is 1. The van der Waals surface area contributed by atoms with Crippen LogP contribution in [0.3, 0.4) is 0 Å². The van der Waals surface area contributed by atoms with Crippen LogP contribution in [0, 0.1) is 11.8 Å². The Kier molecular flexibility index (Phi) is 5.28. The zero-order chi connectivity index (χ0) is 17.8. The zero-order valence-corrected chi connectivity index (χ0v) is 12.9. The van der Waals surface area contributed by atoms with Crippen LogP contribution in [0.5, 0.6) is 0 Å². The lowest BCUT2D eigenvalue weighted by molar-refractivity contribution is -0.289. The fourth-order valence-corrected chi connectivity index (χ4v) is 2.11. The first-order chi connectivity index (χ1) is 11.2. The van der Waals surface area contributed by atoms with Gasteiger partial charge in [-0.1, -0.05) is 49.5 Å². The molecule has 2 rings (SSSR count). The molecule has 2 aromatic rings. The predicted molar refractivity (Wildman–Crippen MR) is 82.8 cm³/mol. The Labute approximate surface area is 137 Å². The normalized spacial score (nSPS) is 11.8. The van der Waals surface area contributed by atoms with Gasteiger partial charge in [0.2, 0.25) is 0 Å². The van der Waals surface area contributed by atoms with Gasteiger partial charge in [0, 0.05) is 16.7 Å². The molecular weight excluding hydrogens is 323 g/mol. The van der Waals surface area contributed by atoms with Gasteiger partial charge in [0.15, 0.2) is 0 Å². The van der Waals surface area contributed by atoms with E-state index < -0.39 is 17.7 Å². The summed E-state index contributed by atoms with van der Waals surface area (Å²) in [6.45, 7) is 2.08. The van der Waals surface area contributed by atoms with Gasteiger partial charge in [-0.3, -0.25) is 0 Å². The third kappa shape index (κ3) is 4.14. The Balaban J connectivity index is 2.15. The summed E-state index contributed by atoms with van der Waals surface area (Å²) in [5, 5.41) is 0. The van der Waals surface area contributed by atoms with Crippen LogP contribution < -0.4 is 0 Å². The zero-order valence-electron chi connectivity index (χ0n) is 12.9. The highest BCUT2D eigenvalue weighted by atomic mass is 19.4. The van der Waals surface area contributed by atoms with Crippen molar-refractivity contribution in [2.24, 2.45) is 0 Å². The van der Waals surface area contributed by atoms with E-state index in [0.29, 0.717) is 5.56 Å². The Bertz CT molecular complexity index is 729. The minimum absolute atomic E-state index is 0.370. The molecule has 0 nitrogen and oxygen atoms in total. The molecule has 0 amide bonds. The number of hydrogen-bond donors (Lipinski definition) is 0. The molecule has 0 aliphatic rings. The van der Waals surface area contributed by atoms with Crippen LogP contribution in [0.1, 0.15) is 35.6 Å². The molecule has 24 heavy (non-hydrogen) atoms. The maximum absolute atomic E-state index is 13.2. The molecule has 2 aromatic carbocycles. The molecule has 0 unspecified atom stereocenters. The number of hydrogen-bond acceptors (Lipinski definition) is 0. The van der Waals surface area contributed by atoms with Gasteiger partial charge in [0.25, 0.3) is 0 Å². The van der Waals surface area contributed by atoms with Crippen LogP contribution in [-0.4, -0.2) is 6.18 Å². The van der Waals surface area contributed by atoms with Gasteiger partial charge in [-0.05, 0) is 36.2 Å². The highest BCUT2D eigenvalue weighted by Gasteiger charge is 2.58. The maximum Gasteiger partial charge on any atom is 0.458 e. The molecule has 0 spiro atoms. The van der Waals surface area contributed by atoms with Crippen molar-refractivity contribution in [3.63, 3.8) is 0 Å². The Morgan fingerprint density at radius 2 is 1.21 bits per heavy atom. The standard InChI is InChI=1S/C19H15F5/c1-2-3-14-4-6-15(7-5-14)8-9-16-10-12-17(13-11-16)18(20,21)19(22,23)24/h4-7,10-13H,2-3H2,1H3. The van der Waals surface area contributed by atoms with Gasteiger partial charge in [0.1, 0.15) is 0 Å². The molecule has 0 fully saturated rings. The summed E-state index contributed by atoms with van der Waals surface area (Å²) < 4.78 is 63.3. The second kappa shape index (κ2) is 7.04. The van der Waals surface area contributed by atoms with E-state index in [1.54, 1.807) is 0 Å². The molecule has 0 saturated heterocycles. The molecule has 126 valence electrons. The molecule has 0 aliphatic carbocycles. The highest BCUT2D eigenvalue weighted by molar-refractivity contribution is 5.44. The van der Waals surface area contributed by atoms with E-state index in [9.17, 15) is 22.0 Å². The Morgan fingerprint density at radius 1 is 0.750 bits per heavy atom. The second-order valence-corrected chi connectivity index (χ2v) is 5.35. The number of benzene rings is 2. The van der Waals surface area contributed by atoms with E-state index in [4.69, 9.17) is 0 Å². The highest BCUT2D eigenvalue weighted by Crippen LogP contribution is 2.43. The fraction of sp³-hybridized carbons (Fsp3) is 0.263. The second-order valence-electron chi connectivity index (χ2n) is 5.35. The van der Waals surface area contributed by atoms with Crippen LogP contribution in [0.15, 0.2) is 48.5 Å². The third-order valence-electron chi connectivity index (χ3n) is 3.45. The maximum atomic E-state index is 13.2. The van der Waals surface area contributed by atoms with Gasteiger partial charge >= 0.3 is 12.1 Å². The quantitative estimate of drug-likeness (QED) is 0.498. The molecular formula is C19H15F5. The molecule has 0 N–H and O–H groups in total. The van der Waals surface area contributed by atoms with Crippen molar-refractivity contribution < 1.29 is 22.0 Å². The molecule has 5 heteroatoms. The van der Waals surface area contributed by atoms with Gasteiger partial charge in [0.05, 0.1) is 0 Å². The fourth-order valence-electron chi connectivity index (χ4n) is 2.11. The number of halogens is 5. The minimum atomic E-state index is -5.61. The first kappa shape index (κ1) is 18.0. The van der Waals surface area contributed by atoms with Gasteiger partial charge in [-0.15, -0.1) is 0 Å². The molecule has 0 radical (unpaired) electrons. The van der Waals surface area contributed by atoms with E-state index in [0.717, 1.165) is 42.7 Å². The van der Waals surface area contributed by atoms with Crippen LogP contribution in [-0.2, 0) is 12.3 Å². The lowest BCUT2D eigenvalue weighted by Crippen LogP contribution is -2.33. The summed E-state index contributed by atoms with van der Waals surface area (Å²) in [6.07, 6.45) is -3.59. The SMILES string of the molecule is CCCc1ccc(C#Cc2ccc(C(F)(F)C(F)(F)F)cc2)cc1. The van der Waals surface area contributed by atoms with Gasteiger partial charge < -0.3 is 0 Å². The first-order valence-corrected chi connectivity index (χ1v) is 7.40. The Morgan fingerprint density at radius 3 is 1.62 bits per heavy atom. The van der Waals surface area contributed by atoms with E-state index in [2.05, 4.69) is 18.8 Å². The smallest absolute Gasteiger partial charge is 0.191 e. The monoisotopic (exact) mass is 338 g/mol. The van der Waals surface area contributed by atoms with Crippen molar-refractivity contribution in [1.82, 2.24) is 0 Å². The summed E-state index contributed by atoms with van der Waals surface area (Å²) in [4.78, 5) is 0. The van der Waals surface area contributed by atoms with Crippen molar-refractivity contribution in [2.75, 3.05) is 0 Å². The number of rotatable bonds is 3. The molecule has 0 heterocycles. The van der Waals surface area contributed by atoms with Gasteiger partial charge in [-0.2, -0.15) is 22.0 Å². The topological polar surface area (TPSA) is 0 Å². The van der Waals surface area contributed by atoms with E-state index in [1.165, 1.54) is 5.56 Å². The van der Waals surface area contributed by atoms with Crippen molar-refractivity contribution in [3.8, 4) is 11.8 Å². The summed E-state index contributed by atoms with van der Waals surface area (Å²) in [7, 11) is 0. The predicted octanol–water partition coefficient (Wildman–Crippen LogP) is 5.69. The lowest BCUT2D eigenvalue weighted by Gasteiger charge is -2.19. The molecule has 0 bridgehead atoms. The molecule has 0 saturated carbocycles. The molecule has 0 aliphatic heterocycles. The van der Waals surface area contributed by atoms with Crippen LogP contribution in [0.2, 0.25) is 0 Å². The minimum Gasteiger partial charge on any atom is -0.191 e. The average molecular weight is 338 g/mol. The molecule has 0 atom stereocenters. The number of alkyl halides is 5. The lowest BCUT2D eigenvalue weighted by atomic mass is 10.1. The van der Waals surface area contributed by atoms with Crippen molar-refractivity contribution in [1.29, 1.82) is 0 Å². The van der Waals surface area contributed by atoms with E-state index >= 15 is 0 Å². The summed E-state index contributed by atoms with van der Waals surface area (Å²) >= 11 is 0. The summed E-state index contributed by atoms with van der Waals surface area (Å²) in [5.74, 6) is 0.746. The van der Waals surface area contributed by atoms with E-state index in [1.807, 2.05) is 24.3 Å². The van der Waals surface area contributed by atoms with Crippen LogP contribution in [0.25, 0.3) is 0 Å². The summed E-state index contributed by atoms with van der Waals surface area (Å²) in [6, 6.07) is 11.4. The van der Waals surface area contributed by atoms with Crippen molar-refractivity contribution in [2.45, 2.75) is 31.9 Å². The van der Waals surface area contributed by atoms with Crippen LogP contribution >= 0.6 is 0 Å². The molecule has 0 aromatic heterocycles. The average Bonchev–Trinajstić information content (AvgIpc) is 2.54. The Hall–Kier alpha value is -2.35. The third-order valence-corrected chi connectivity index (χ3v) is 3.45. The van der Waals surface area contributed by atoms with Crippen molar-refractivity contribution in [3.05, 3.63) is 70.8 Å². The first-order valence-electron chi connectivity index (χ1n) is 7.40.